The number of azo groups is 1. The van der Waals surface area contributed by atoms with Gasteiger partial charge in [0, 0.05) is 20.0 Å². The Morgan fingerprint density at radius 3 is 2.61 bits per heavy atom. The van der Waals surface area contributed by atoms with Gasteiger partial charge in [0.05, 0.1) is 0 Å². The number of nitrogens with zero attached hydrogens (tertiary/aromatic N) is 3. The van der Waals surface area contributed by atoms with E-state index in [1.165, 1.54) is 7.05 Å². The van der Waals surface area contributed by atoms with Crippen molar-refractivity contribution in [3.8, 4) is 5.75 Å². The number of alkyl carbamates (subject to hydrolysis) is 1. The van der Waals surface area contributed by atoms with Crippen LogP contribution in [0.3, 0.4) is 0 Å². The summed E-state index contributed by atoms with van der Waals surface area (Å²) in [6.07, 6.45) is -0.430. The number of nitrogens with one attached hydrogen (secondary N) is 2. The molecule has 0 aliphatic heterocycles. The summed E-state index contributed by atoms with van der Waals surface area (Å²) in [4.78, 5) is 26.7. The Morgan fingerprint density at radius 1 is 1.14 bits per heavy atom. The molecule has 0 saturated carbocycles. The molecule has 0 unspecified atom stereocenters. The number of ether oxygens (including phenoxy) is 2. The van der Waals surface area contributed by atoms with E-state index in [-0.39, 0.29) is 31.5 Å². The van der Waals surface area contributed by atoms with Gasteiger partial charge in [0.2, 0.25) is 12.7 Å². The Balaban J connectivity index is 2.07. The second-order valence-electron chi connectivity index (χ2n) is 5.30. The summed E-state index contributed by atoms with van der Waals surface area (Å²) in [6, 6.07) is 9.94. The van der Waals surface area contributed by atoms with Gasteiger partial charge in [-0.1, -0.05) is 12.1 Å². The fraction of sp³-hybridized carbons (Fsp3) is 0.235. The van der Waals surface area contributed by atoms with Crippen molar-refractivity contribution in [3.63, 3.8) is 0 Å². The highest BCUT2D eigenvalue weighted by molar-refractivity contribution is 5.90. The molecule has 0 aliphatic rings. The number of anilines is 2. The molecule has 0 fully saturated rings. The molecule has 1 aromatic carbocycles. The fourth-order valence-electron chi connectivity index (χ4n) is 1.95. The summed E-state index contributed by atoms with van der Waals surface area (Å²) in [7, 11) is 1.44. The average molecular weight is 387 g/mol. The number of hydrogen-bond donors (Lipinski definition) is 4. The molecule has 2 amide bonds. The predicted molar refractivity (Wildman–Crippen MR) is 103 cm³/mol. The van der Waals surface area contributed by atoms with Crippen molar-refractivity contribution in [2.75, 3.05) is 31.4 Å². The molecule has 1 heterocycles. The van der Waals surface area contributed by atoms with Crippen LogP contribution in [0.15, 0.2) is 46.6 Å². The van der Waals surface area contributed by atoms with Gasteiger partial charge in [0.1, 0.15) is 17.2 Å². The zero-order valence-electron chi connectivity index (χ0n) is 15.2. The van der Waals surface area contributed by atoms with E-state index in [0.29, 0.717) is 22.9 Å². The Kier molecular flexibility index (Phi) is 7.66. The van der Waals surface area contributed by atoms with E-state index in [9.17, 15) is 9.59 Å². The minimum atomic E-state index is -0.614. The quantitative estimate of drug-likeness (QED) is 0.397. The lowest BCUT2D eigenvalue weighted by Gasteiger charge is -2.08. The first kappa shape index (κ1) is 20.6. The van der Waals surface area contributed by atoms with Crippen LogP contribution < -0.4 is 26.8 Å². The van der Waals surface area contributed by atoms with E-state index in [1.54, 1.807) is 36.4 Å². The lowest BCUT2D eigenvalue weighted by molar-refractivity contribution is -0.116. The lowest BCUT2D eigenvalue weighted by atomic mass is 10.3. The standard InChI is InChI=1S/C17H21N7O4/c1-20-17(26)28-10-27-13-5-3-2-4-11(13)23-24-12-6-7-14(22-16(12)19)21-15(25)8-9-18/h2-7H,8-10,18H2,1H3,(H,20,26)(H3,19,21,22,25)/b24-23+. The molecule has 28 heavy (non-hydrogen) atoms. The third kappa shape index (κ3) is 6.21. The van der Waals surface area contributed by atoms with Crippen molar-refractivity contribution in [2.24, 2.45) is 16.0 Å². The summed E-state index contributed by atoms with van der Waals surface area (Å²) in [6.45, 7) is -0.0453. The van der Waals surface area contributed by atoms with Crippen LogP contribution >= 0.6 is 0 Å². The number of benzene rings is 1. The number of amides is 2. The topological polar surface area (TPSA) is 166 Å². The second-order valence-corrected chi connectivity index (χ2v) is 5.30. The number of carbonyl (C=O) groups excluding carboxylic acids is 2. The Hall–Kier alpha value is -3.73. The van der Waals surface area contributed by atoms with Gasteiger partial charge >= 0.3 is 6.09 Å². The largest absolute Gasteiger partial charge is 0.455 e. The molecule has 2 rings (SSSR count). The van der Waals surface area contributed by atoms with Gasteiger partial charge in [-0.05, 0) is 24.3 Å². The number of aromatic nitrogens is 1. The Labute approximate surface area is 161 Å². The Morgan fingerprint density at radius 2 is 1.89 bits per heavy atom. The van der Waals surface area contributed by atoms with Crippen molar-refractivity contribution in [1.82, 2.24) is 10.3 Å². The summed E-state index contributed by atoms with van der Waals surface area (Å²) >= 11 is 0. The van der Waals surface area contributed by atoms with Crippen LogP contribution in [-0.4, -0.2) is 37.4 Å². The lowest BCUT2D eigenvalue weighted by Crippen LogP contribution is -2.21. The van der Waals surface area contributed by atoms with Crippen molar-refractivity contribution in [1.29, 1.82) is 0 Å². The van der Waals surface area contributed by atoms with Crippen molar-refractivity contribution in [2.45, 2.75) is 6.42 Å². The number of rotatable bonds is 8. The van der Waals surface area contributed by atoms with E-state index in [2.05, 4.69) is 25.8 Å². The summed E-state index contributed by atoms with van der Waals surface area (Å²) < 4.78 is 10.2. The molecular formula is C17H21N7O4. The Bertz CT molecular complexity index is 857. The number of hydrogen-bond acceptors (Lipinski definition) is 9. The van der Waals surface area contributed by atoms with E-state index in [4.69, 9.17) is 20.9 Å². The first-order valence-electron chi connectivity index (χ1n) is 8.28. The van der Waals surface area contributed by atoms with Gasteiger partial charge in [-0.25, -0.2) is 9.78 Å². The molecular weight excluding hydrogens is 366 g/mol. The predicted octanol–water partition coefficient (Wildman–Crippen LogP) is 2.06. The van der Waals surface area contributed by atoms with Crippen LogP contribution in [-0.2, 0) is 9.53 Å². The third-order valence-corrected chi connectivity index (χ3v) is 3.28. The van der Waals surface area contributed by atoms with E-state index in [1.807, 2.05) is 0 Å². The van der Waals surface area contributed by atoms with Crippen molar-refractivity contribution >= 4 is 35.0 Å². The van der Waals surface area contributed by atoms with Crippen molar-refractivity contribution in [3.05, 3.63) is 36.4 Å². The molecule has 0 bridgehead atoms. The van der Waals surface area contributed by atoms with Gasteiger partial charge < -0.3 is 31.6 Å². The molecule has 0 aliphatic carbocycles. The highest BCUT2D eigenvalue weighted by Gasteiger charge is 2.07. The molecule has 0 atom stereocenters. The molecule has 0 saturated heterocycles. The zero-order valence-corrected chi connectivity index (χ0v) is 15.2. The van der Waals surface area contributed by atoms with E-state index in [0.717, 1.165) is 0 Å². The van der Waals surface area contributed by atoms with Crippen LogP contribution in [0.2, 0.25) is 0 Å². The molecule has 2 aromatic rings. The number of nitrogens with two attached hydrogens (primary N) is 2. The second kappa shape index (κ2) is 10.4. The van der Waals surface area contributed by atoms with Crippen molar-refractivity contribution < 1.29 is 19.1 Å². The van der Waals surface area contributed by atoms with Gasteiger partial charge in [-0.3, -0.25) is 4.79 Å². The molecule has 0 spiro atoms. The fourth-order valence-corrected chi connectivity index (χ4v) is 1.95. The van der Waals surface area contributed by atoms with E-state index >= 15 is 0 Å². The van der Waals surface area contributed by atoms with Gasteiger partial charge in [-0.2, -0.15) is 0 Å². The van der Waals surface area contributed by atoms with Gasteiger partial charge in [0.15, 0.2) is 11.6 Å². The minimum Gasteiger partial charge on any atom is -0.455 e. The van der Waals surface area contributed by atoms with Crippen LogP contribution in [0.1, 0.15) is 6.42 Å². The maximum Gasteiger partial charge on any atom is 0.409 e. The van der Waals surface area contributed by atoms with E-state index < -0.39 is 6.09 Å². The summed E-state index contributed by atoms with van der Waals surface area (Å²) in [5.74, 6) is 0.502. The summed E-state index contributed by atoms with van der Waals surface area (Å²) in [5, 5.41) is 13.0. The van der Waals surface area contributed by atoms with Gasteiger partial charge in [0.25, 0.3) is 0 Å². The average Bonchev–Trinajstić information content (AvgIpc) is 2.68. The van der Waals surface area contributed by atoms with Gasteiger partial charge in [-0.15, -0.1) is 10.2 Å². The summed E-state index contributed by atoms with van der Waals surface area (Å²) in [5.41, 5.74) is 11.9. The number of nitrogen functional groups attached to an aromatic ring is 1. The monoisotopic (exact) mass is 387 g/mol. The maximum absolute atomic E-state index is 11.5. The van der Waals surface area contributed by atoms with Crippen LogP contribution in [0.4, 0.5) is 27.8 Å². The molecule has 148 valence electrons. The first-order valence-corrected chi connectivity index (χ1v) is 8.28. The molecule has 1 aromatic heterocycles. The first-order chi connectivity index (χ1) is 13.5. The SMILES string of the molecule is CNC(=O)OCOc1ccccc1/N=N/c1ccc(NC(=O)CCN)nc1N. The molecule has 0 radical (unpaired) electrons. The number of para-hydroxylation sites is 1. The zero-order chi connectivity index (χ0) is 20.4. The van der Waals surface area contributed by atoms with Crippen LogP contribution in [0.5, 0.6) is 5.75 Å². The maximum atomic E-state index is 11.5. The van der Waals surface area contributed by atoms with Crippen LogP contribution in [0.25, 0.3) is 0 Å². The van der Waals surface area contributed by atoms with Crippen LogP contribution in [0, 0.1) is 0 Å². The molecule has 11 nitrogen and oxygen atoms in total. The normalized spacial score (nSPS) is 10.5. The molecule has 11 heteroatoms. The smallest absolute Gasteiger partial charge is 0.409 e. The molecule has 6 N–H and O–H groups in total. The number of carbonyl (C=O) groups is 2. The third-order valence-electron chi connectivity index (χ3n) is 3.28. The minimum absolute atomic E-state index is 0.0932. The number of pyridine rings is 1. The highest BCUT2D eigenvalue weighted by atomic mass is 16.7. The highest BCUT2D eigenvalue weighted by Crippen LogP contribution is 2.30.